The molecule has 0 spiro atoms. The topological polar surface area (TPSA) is 42.4 Å². The number of amides is 1. The zero-order valence-electron chi connectivity index (χ0n) is 13.4. The maximum atomic E-state index is 12.7. The first kappa shape index (κ1) is 17.0. The molecule has 2 aliphatic rings. The highest BCUT2D eigenvalue weighted by Gasteiger charge is 2.34. The molecule has 1 aliphatic heterocycles. The molecule has 1 unspecified atom stereocenters. The van der Waals surface area contributed by atoms with E-state index >= 15 is 0 Å². The lowest BCUT2D eigenvalue weighted by Crippen LogP contribution is -2.36. The third kappa shape index (κ3) is 3.99. The van der Waals surface area contributed by atoms with Crippen molar-refractivity contribution in [3.8, 4) is 5.88 Å². The van der Waals surface area contributed by atoms with Crippen LogP contribution in [-0.4, -0.2) is 35.0 Å². The Hall–Kier alpha value is -1.79. The van der Waals surface area contributed by atoms with Crippen molar-refractivity contribution in [2.75, 3.05) is 13.1 Å². The molecule has 1 saturated heterocycles. The fraction of sp³-hybridized carbons (Fsp3) is 0.647. The molecular weight excluding hydrogens is 321 g/mol. The number of hydrogen-bond acceptors (Lipinski definition) is 3. The van der Waals surface area contributed by atoms with Gasteiger partial charge in [-0.05, 0) is 18.9 Å². The molecule has 1 aliphatic carbocycles. The van der Waals surface area contributed by atoms with Gasteiger partial charge in [0.25, 0.3) is 0 Å². The van der Waals surface area contributed by atoms with Crippen molar-refractivity contribution in [3.63, 3.8) is 0 Å². The minimum atomic E-state index is -4.42. The monoisotopic (exact) mass is 342 g/mol. The molecule has 2 heterocycles. The Kier molecular flexibility index (Phi) is 4.96. The highest BCUT2D eigenvalue weighted by atomic mass is 19.4. The standard InChI is InChI=1S/C17H21F3N2O2/c18-17(19,20)13-6-8-21-15(10-13)24-14-7-9-22(11-14)16(23)12-4-2-1-3-5-12/h6,8,10,12,14H,1-5,7,9,11H2. The molecule has 2 fully saturated rings. The molecule has 24 heavy (non-hydrogen) atoms. The molecule has 1 saturated carbocycles. The summed E-state index contributed by atoms with van der Waals surface area (Å²) in [6.07, 6.45) is 2.27. The summed E-state index contributed by atoms with van der Waals surface area (Å²) in [5.41, 5.74) is -0.777. The van der Waals surface area contributed by atoms with Crippen LogP contribution in [0.15, 0.2) is 18.3 Å². The summed E-state index contributed by atoms with van der Waals surface area (Å²) in [7, 11) is 0. The molecule has 1 atom stereocenters. The third-order valence-electron chi connectivity index (χ3n) is 4.76. The van der Waals surface area contributed by atoms with Crippen LogP contribution in [0.4, 0.5) is 13.2 Å². The normalized spacial score (nSPS) is 22.6. The maximum Gasteiger partial charge on any atom is 0.416 e. The largest absolute Gasteiger partial charge is 0.472 e. The summed E-state index contributed by atoms with van der Waals surface area (Å²) in [4.78, 5) is 18.1. The van der Waals surface area contributed by atoms with E-state index in [9.17, 15) is 18.0 Å². The van der Waals surface area contributed by atoms with E-state index in [1.54, 1.807) is 4.90 Å². The van der Waals surface area contributed by atoms with E-state index in [4.69, 9.17) is 4.74 Å². The Morgan fingerprint density at radius 1 is 1.21 bits per heavy atom. The second kappa shape index (κ2) is 6.99. The van der Waals surface area contributed by atoms with E-state index < -0.39 is 11.7 Å². The van der Waals surface area contributed by atoms with Gasteiger partial charge in [-0.15, -0.1) is 0 Å². The number of pyridine rings is 1. The number of ether oxygens (including phenoxy) is 1. The number of halogens is 3. The summed E-state index contributed by atoms with van der Waals surface area (Å²) >= 11 is 0. The van der Waals surface area contributed by atoms with Crippen molar-refractivity contribution in [2.24, 2.45) is 5.92 Å². The predicted octanol–water partition coefficient (Wildman–Crippen LogP) is 3.66. The third-order valence-corrected chi connectivity index (χ3v) is 4.76. The average molecular weight is 342 g/mol. The second-order valence-corrected chi connectivity index (χ2v) is 6.53. The SMILES string of the molecule is O=C(C1CCCCC1)N1CCC(Oc2cc(C(F)(F)F)ccn2)C1. The maximum absolute atomic E-state index is 12.7. The van der Waals surface area contributed by atoms with E-state index in [-0.39, 0.29) is 23.8 Å². The number of hydrogen-bond donors (Lipinski definition) is 0. The molecule has 0 N–H and O–H groups in total. The van der Waals surface area contributed by atoms with Crippen molar-refractivity contribution in [1.29, 1.82) is 0 Å². The van der Waals surface area contributed by atoms with Crippen LogP contribution in [0, 0.1) is 5.92 Å². The van der Waals surface area contributed by atoms with Crippen molar-refractivity contribution < 1.29 is 22.7 Å². The van der Waals surface area contributed by atoms with Gasteiger partial charge in [-0.3, -0.25) is 4.79 Å². The predicted molar refractivity (Wildman–Crippen MR) is 81.4 cm³/mol. The Balaban J connectivity index is 1.57. The molecular formula is C17H21F3N2O2. The Labute approximate surface area is 139 Å². The van der Waals surface area contributed by atoms with Gasteiger partial charge in [0.05, 0.1) is 12.1 Å². The van der Waals surface area contributed by atoms with Gasteiger partial charge in [-0.2, -0.15) is 13.2 Å². The summed E-state index contributed by atoms with van der Waals surface area (Å²) < 4.78 is 43.7. The van der Waals surface area contributed by atoms with Crippen molar-refractivity contribution in [2.45, 2.75) is 50.8 Å². The first-order valence-electron chi connectivity index (χ1n) is 8.42. The number of likely N-dealkylation sites (tertiary alicyclic amines) is 1. The molecule has 0 bridgehead atoms. The Bertz CT molecular complexity index is 585. The molecule has 132 valence electrons. The summed E-state index contributed by atoms with van der Waals surface area (Å²) in [5, 5.41) is 0. The fourth-order valence-electron chi connectivity index (χ4n) is 3.45. The Morgan fingerprint density at radius 3 is 2.67 bits per heavy atom. The molecule has 1 aromatic heterocycles. The van der Waals surface area contributed by atoms with Crippen LogP contribution in [0.1, 0.15) is 44.1 Å². The molecule has 1 amide bonds. The zero-order valence-corrected chi connectivity index (χ0v) is 13.4. The van der Waals surface area contributed by atoms with E-state index in [2.05, 4.69) is 4.98 Å². The van der Waals surface area contributed by atoms with Crippen molar-refractivity contribution in [1.82, 2.24) is 9.88 Å². The first-order valence-corrected chi connectivity index (χ1v) is 8.42. The molecule has 0 radical (unpaired) electrons. The van der Waals surface area contributed by atoms with Gasteiger partial charge in [-0.1, -0.05) is 19.3 Å². The van der Waals surface area contributed by atoms with Crippen LogP contribution < -0.4 is 4.74 Å². The van der Waals surface area contributed by atoms with Gasteiger partial charge in [0.2, 0.25) is 11.8 Å². The molecule has 7 heteroatoms. The fourth-order valence-corrected chi connectivity index (χ4v) is 3.45. The van der Waals surface area contributed by atoms with Crippen LogP contribution in [0.5, 0.6) is 5.88 Å². The number of aromatic nitrogens is 1. The van der Waals surface area contributed by atoms with E-state index in [1.165, 1.54) is 6.42 Å². The van der Waals surface area contributed by atoms with Gasteiger partial charge in [0.1, 0.15) is 6.10 Å². The minimum Gasteiger partial charge on any atom is -0.472 e. The smallest absolute Gasteiger partial charge is 0.416 e. The molecule has 0 aromatic carbocycles. The highest BCUT2D eigenvalue weighted by molar-refractivity contribution is 5.79. The first-order chi connectivity index (χ1) is 11.4. The summed E-state index contributed by atoms with van der Waals surface area (Å²) in [5.74, 6) is 0.226. The van der Waals surface area contributed by atoms with Crippen molar-refractivity contribution >= 4 is 5.91 Å². The summed E-state index contributed by atoms with van der Waals surface area (Å²) in [6.45, 7) is 1.02. The van der Waals surface area contributed by atoms with Crippen LogP contribution in [0.2, 0.25) is 0 Å². The lowest BCUT2D eigenvalue weighted by Gasteiger charge is -2.26. The van der Waals surface area contributed by atoms with Gasteiger partial charge >= 0.3 is 6.18 Å². The van der Waals surface area contributed by atoms with Gasteiger partial charge in [0.15, 0.2) is 0 Å². The number of alkyl halides is 3. The van der Waals surface area contributed by atoms with E-state index in [0.29, 0.717) is 19.5 Å². The van der Waals surface area contributed by atoms with Crippen LogP contribution in [0.3, 0.4) is 0 Å². The van der Waals surface area contributed by atoms with Gasteiger partial charge < -0.3 is 9.64 Å². The lowest BCUT2D eigenvalue weighted by molar-refractivity contribution is -0.137. The number of carbonyl (C=O) groups excluding carboxylic acids is 1. The average Bonchev–Trinajstić information content (AvgIpc) is 3.03. The summed E-state index contributed by atoms with van der Waals surface area (Å²) in [6, 6.07) is 1.83. The number of nitrogens with zero attached hydrogens (tertiary/aromatic N) is 2. The van der Waals surface area contributed by atoms with Crippen LogP contribution in [-0.2, 0) is 11.0 Å². The van der Waals surface area contributed by atoms with E-state index in [0.717, 1.165) is 44.0 Å². The van der Waals surface area contributed by atoms with Crippen LogP contribution in [0.25, 0.3) is 0 Å². The quantitative estimate of drug-likeness (QED) is 0.842. The molecule has 3 rings (SSSR count). The minimum absolute atomic E-state index is 0.0400. The van der Waals surface area contributed by atoms with Crippen molar-refractivity contribution in [3.05, 3.63) is 23.9 Å². The van der Waals surface area contributed by atoms with Crippen LogP contribution >= 0.6 is 0 Å². The van der Waals surface area contributed by atoms with Gasteiger partial charge in [-0.25, -0.2) is 4.98 Å². The second-order valence-electron chi connectivity index (χ2n) is 6.53. The number of rotatable bonds is 3. The molecule has 1 aromatic rings. The molecule has 4 nitrogen and oxygen atoms in total. The Morgan fingerprint density at radius 2 is 1.96 bits per heavy atom. The van der Waals surface area contributed by atoms with E-state index in [1.807, 2.05) is 0 Å². The zero-order chi connectivity index (χ0) is 17.2. The van der Waals surface area contributed by atoms with Gasteiger partial charge in [0, 0.05) is 31.1 Å². The number of carbonyl (C=O) groups is 1. The lowest BCUT2D eigenvalue weighted by atomic mass is 9.88. The highest BCUT2D eigenvalue weighted by Crippen LogP contribution is 2.31.